The van der Waals surface area contributed by atoms with E-state index in [1.807, 2.05) is 0 Å². The van der Waals surface area contributed by atoms with Crippen molar-refractivity contribution in [1.29, 1.82) is 0 Å². The number of fused-ring (bicyclic) bond motifs is 1. The largest absolute Gasteiger partial charge is 0.504 e. The lowest BCUT2D eigenvalue weighted by Gasteiger charge is -2.39. The van der Waals surface area contributed by atoms with Crippen LogP contribution in [0.3, 0.4) is 0 Å². The van der Waals surface area contributed by atoms with Crippen molar-refractivity contribution in [3.63, 3.8) is 0 Å². The predicted molar refractivity (Wildman–Crippen MR) is 89.3 cm³/mol. The van der Waals surface area contributed by atoms with Gasteiger partial charge in [-0.25, -0.2) is 12.7 Å². The molecule has 0 spiro atoms. The number of sulfonamides is 1. The van der Waals surface area contributed by atoms with Crippen molar-refractivity contribution >= 4 is 10.0 Å². The topological polar surface area (TPSA) is 113 Å². The van der Waals surface area contributed by atoms with E-state index in [1.165, 1.54) is 16.6 Å². The number of piperidine rings is 1. The molecule has 0 unspecified atom stereocenters. The van der Waals surface area contributed by atoms with Gasteiger partial charge in [-0.05, 0) is 30.4 Å². The Balaban J connectivity index is 1.78. The summed E-state index contributed by atoms with van der Waals surface area (Å²) in [5.41, 5.74) is 7.32. The van der Waals surface area contributed by atoms with Crippen molar-refractivity contribution in [2.75, 3.05) is 25.9 Å². The molecule has 1 saturated heterocycles. The van der Waals surface area contributed by atoms with Crippen molar-refractivity contribution in [2.24, 2.45) is 11.7 Å². The van der Waals surface area contributed by atoms with Crippen LogP contribution >= 0.6 is 0 Å². The summed E-state index contributed by atoms with van der Waals surface area (Å²) in [7, 11) is -3.16. The molecule has 0 bridgehead atoms. The Morgan fingerprint density at radius 2 is 1.96 bits per heavy atom. The van der Waals surface area contributed by atoms with Gasteiger partial charge in [0.15, 0.2) is 11.5 Å². The van der Waals surface area contributed by atoms with Crippen LogP contribution in [-0.4, -0.2) is 54.9 Å². The smallest absolute Gasteiger partial charge is 0.211 e. The second kappa shape index (κ2) is 6.51. The second-order valence-corrected chi connectivity index (χ2v) is 8.59. The zero-order valence-corrected chi connectivity index (χ0v) is 14.5. The fourth-order valence-corrected chi connectivity index (χ4v) is 4.60. The number of phenolic OH excluding ortho intramolecular Hbond substituents is 2. The Kier molecular flexibility index (Phi) is 4.74. The number of nitrogens with two attached hydrogens (primary N) is 1. The van der Waals surface area contributed by atoms with Gasteiger partial charge in [-0.15, -0.1) is 0 Å². The molecule has 24 heavy (non-hydrogen) atoms. The fraction of sp³-hybridized carbons (Fsp3) is 0.625. The maximum Gasteiger partial charge on any atom is 0.211 e. The number of rotatable bonds is 3. The van der Waals surface area contributed by atoms with Gasteiger partial charge in [-0.1, -0.05) is 6.07 Å². The summed E-state index contributed by atoms with van der Waals surface area (Å²) in [5, 5.41) is 19.9. The highest BCUT2D eigenvalue weighted by Crippen LogP contribution is 2.42. The SMILES string of the molecule is CS(=O)(=O)N1CCC([C@H]2Cc3c(ccc(O)c3O)[C@@H](CN)O2)CC1. The molecule has 0 amide bonds. The number of ether oxygens (including phenoxy) is 1. The molecule has 7 nitrogen and oxygen atoms in total. The molecule has 2 aliphatic heterocycles. The maximum atomic E-state index is 11.6. The number of hydrogen-bond donors (Lipinski definition) is 3. The molecule has 1 fully saturated rings. The van der Waals surface area contributed by atoms with Crippen LogP contribution in [0.25, 0.3) is 0 Å². The quantitative estimate of drug-likeness (QED) is 0.688. The van der Waals surface area contributed by atoms with E-state index in [-0.39, 0.29) is 36.2 Å². The van der Waals surface area contributed by atoms with Crippen molar-refractivity contribution < 1.29 is 23.4 Å². The van der Waals surface area contributed by atoms with Gasteiger partial charge in [0.1, 0.15) is 0 Å². The van der Waals surface area contributed by atoms with Crippen molar-refractivity contribution in [2.45, 2.75) is 31.5 Å². The van der Waals surface area contributed by atoms with Crippen LogP contribution in [0, 0.1) is 5.92 Å². The third kappa shape index (κ3) is 3.23. The van der Waals surface area contributed by atoms with Gasteiger partial charge in [0.2, 0.25) is 10.0 Å². The van der Waals surface area contributed by atoms with Gasteiger partial charge in [0, 0.05) is 31.6 Å². The average Bonchev–Trinajstić information content (AvgIpc) is 2.56. The molecule has 2 heterocycles. The van der Waals surface area contributed by atoms with Crippen LogP contribution in [0.4, 0.5) is 0 Å². The van der Waals surface area contributed by atoms with Gasteiger partial charge in [-0.2, -0.15) is 0 Å². The van der Waals surface area contributed by atoms with E-state index in [1.54, 1.807) is 6.07 Å². The van der Waals surface area contributed by atoms with E-state index in [0.29, 0.717) is 37.9 Å². The van der Waals surface area contributed by atoms with E-state index in [0.717, 1.165) is 5.56 Å². The first-order chi connectivity index (χ1) is 11.3. The zero-order chi connectivity index (χ0) is 17.5. The number of nitrogens with zero attached hydrogens (tertiary/aromatic N) is 1. The first-order valence-electron chi connectivity index (χ1n) is 8.15. The summed E-state index contributed by atoms with van der Waals surface area (Å²) in [6.45, 7) is 1.25. The van der Waals surface area contributed by atoms with Gasteiger partial charge in [-0.3, -0.25) is 0 Å². The molecule has 1 aromatic carbocycles. The Bertz CT molecular complexity index is 713. The van der Waals surface area contributed by atoms with Gasteiger partial charge in [0.05, 0.1) is 18.5 Å². The molecule has 0 radical (unpaired) electrons. The van der Waals surface area contributed by atoms with Crippen LogP contribution in [0.15, 0.2) is 12.1 Å². The lowest BCUT2D eigenvalue weighted by molar-refractivity contribution is -0.0612. The lowest BCUT2D eigenvalue weighted by Crippen LogP contribution is -2.43. The highest BCUT2D eigenvalue weighted by molar-refractivity contribution is 7.88. The standard InChI is InChI=1S/C16H24N2O5S/c1-24(21,22)18-6-4-10(5-7-18)14-8-12-11(15(9-17)23-14)2-3-13(19)16(12)20/h2-3,10,14-15,19-20H,4-9,17H2,1H3/t14-,15-/m1/s1. The Morgan fingerprint density at radius 1 is 1.29 bits per heavy atom. The van der Waals surface area contributed by atoms with Gasteiger partial charge < -0.3 is 20.7 Å². The monoisotopic (exact) mass is 356 g/mol. The van der Waals surface area contributed by atoms with Crippen molar-refractivity contribution in [1.82, 2.24) is 4.31 Å². The first kappa shape index (κ1) is 17.5. The highest BCUT2D eigenvalue weighted by Gasteiger charge is 2.36. The van der Waals surface area contributed by atoms with Crippen molar-refractivity contribution in [3.8, 4) is 11.5 Å². The number of benzene rings is 1. The minimum Gasteiger partial charge on any atom is -0.504 e. The average molecular weight is 356 g/mol. The second-order valence-electron chi connectivity index (χ2n) is 6.60. The summed E-state index contributed by atoms with van der Waals surface area (Å²) in [6, 6.07) is 3.19. The normalized spacial score (nSPS) is 26.2. The van der Waals surface area contributed by atoms with E-state index in [4.69, 9.17) is 10.5 Å². The predicted octanol–water partition coefficient (Wildman–Crippen LogP) is 0.710. The van der Waals surface area contributed by atoms with Crippen LogP contribution in [0.1, 0.15) is 30.1 Å². The molecule has 3 rings (SSSR count). The van der Waals surface area contributed by atoms with E-state index >= 15 is 0 Å². The minimum atomic E-state index is -3.16. The third-order valence-corrected chi connectivity index (χ3v) is 6.40. The van der Waals surface area contributed by atoms with Crippen LogP contribution in [0.5, 0.6) is 11.5 Å². The van der Waals surface area contributed by atoms with Crippen LogP contribution in [-0.2, 0) is 21.2 Å². The summed E-state index contributed by atoms with van der Waals surface area (Å²) in [5.74, 6) is -0.0446. The number of hydrogen-bond acceptors (Lipinski definition) is 6. The molecule has 2 atom stereocenters. The summed E-state index contributed by atoms with van der Waals surface area (Å²) < 4.78 is 30.9. The molecule has 8 heteroatoms. The molecule has 1 aromatic rings. The summed E-state index contributed by atoms with van der Waals surface area (Å²) in [4.78, 5) is 0. The molecule has 4 N–H and O–H groups in total. The Hall–Kier alpha value is -1.35. The van der Waals surface area contributed by atoms with E-state index < -0.39 is 10.0 Å². The van der Waals surface area contributed by atoms with Gasteiger partial charge >= 0.3 is 0 Å². The third-order valence-electron chi connectivity index (χ3n) is 5.10. The molecule has 134 valence electrons. The highest BCUT2D eigenvalue weighted by atomic mass is 32.2. The lowest BCUT2D eigenvalue weighted by atomic mass is 9.84. The number of phenols is 2. The molecule has 0 aliphatic carbocycles. The van der Waals surface area contributed by atoms with Crippen molar-refractivity contribution in [3.05, 3.63) is 23.3 Å². The summed E-state index contributed by atoms with van der Waals surface area (Å²) in [6.07, 6.45) is 2.69. The van der Waals surface area contributed by atoms with Crippen LogP contribution in [0.2, 0.25) is 0 Å². The van der Waals surface area contributed by atoms with E-state index in [9.17, 15) is 18.6 Å². The zero-order valence-electron chi connectivity index (χ0n) is 13.7. The fourth-order valence-electron chi connectivity index (χ4n) is 3.73. The van der Waals surface area contributed by atoms with Crippen LogP contribution < -0.4 is 5.73 Å². The molecule has 2 aliphatic rings. The molecular formula is C16H24N2O5S. The number of aromatic hydroxyl groups is 2. The maximum absolute atomic E-state index is 11.6. The molecular weight excluding hydrogens is 332 g/mol. The Labute approximate surface area is 142 Å². The van der Waals surface area contributed by atoms with E-state index in [2.05, 4.69) is 0 Å². The summed E-state index contributed by atoms with van der Waals surface area (Å²) >= 11 is 0. The van der Waals surface area contributed by atoms with Gasteiger partial charge in [0.25, 0.3) is 0 Å². The Morgan fingerprint density at radius 3 is 2.54 bits per heavy atom. The first-order valence-corrected chi connectivity index (χ1v) is 10.0. The minimum absolute atomic E-state index is 0.104. The molecule has 0 aromatic heterocycles. The molecule has 0 saturated carbocycles.